The Balaban J connectivity index is 2.03. The van der Waals surface area contributed by atoms with Gasteiger partial charge in [-0.15, -0.1) is 0 Å². The third-order valence-corrected chi connectivity index (χ3v) is 4.60. The first-order valence-corrected chi connectivity index (χ1v) is 6.02. The molecule has 3 aliphatic rings. The number of rotatable bonds is 0. The van der Waals surface area contributed by atoms with Crippen LogP contribution in [0.4, 0.5) is 0 Å². The molecule has 0 aromatic heterocycles. The minimum atomic E-state index is -0.107. The second kappa shape index (κ2) is 3.19. The standard InChI is InChI=1S/C13H16O3/c1-13-5-4-10(14)6-9(13)3-2-8-7-16-12(15)11(8)13/h6,8,11H,2-5,7H2,1H3/t8-,11+,13-/m0/s1. The summed E-state index contributed by atoms with van der Waals surface area (Å²) < 4.78 is 5.19. The lowest BCUT2D eigenvalue weighted by Gasteiger charge is -2.44. The van der Waals surface area contributed by atoms with Crippen LogP contribution in [0.15, 0.2) is 11.6 Å². The van der Waals surface area contributed by atoms with Gasteiger partial charge in [-0.25, -0.2) is 0 Å². The predicted molar refractivity (Wildman–Crippen MR) is 57.6 cm³/mol. The van der Waals surface area contributed by atoms with Crippen LogP contribution in [-0.4, -0.2) is 18.4 Å². The van der Waals surface area contributed by atoms with E-state index in [0.717, 1.165) is 19.3 Å². The maximum absolute atomic E-state index is 11.8. The average Bonchev–Trinajstić information content (AvgIpc) is 2.63. The molecule has 0 unspecified atom stereocenters. The number of hydrogen-bond acceptors (Lipinski definition) is 3. The molecular weight excluding hydrogens is 204 g/mol. The number of cyclic esters (lactones) is 1. The van der Waals surface area contributed by atoms with Crippen molar-refractivity contribution in [1.82, 2.24) is 0 Å². The molecule has 3 heteroatoms. The molecule has 2 aliphatic carbocycles. The first kappa shape index (κ1) is 10.1. The molecule has 1 saturated carbocycles. The molecule has 0 N–H and O–H groups in total. The summed E-state index contributed by atoms with van der Waals surface area (Å²) in [5, 5.41) is 0. The Bertz CT molecular complexity index is 396. The topological polar surface area (TPSA) is 43.4 Å². The zero-order valence-electron chi connectivity index (χ0n) is 9.49. The van der Waals surface area contributed by atoms with Gasteiger partial charge < -0.3 is 4.74 Å². The summed E-state index contributed by atoms with van der Waals surface area (Å²) in [6.45, 7) is 2.72. The molecular formula is C13H16O3. The van der Waals surface area contributed by atoms with Crippen LogP contribution < -0.4 is 0 Å². The minimum absolute atomic E-state index is 0.000556. The highest BCUT2D eigenvalue weighted by atomic mass is 16.5. The van der Waals surface area contributed by atoms with E-state index in [2.05, 4.69) is 6.92 Å². The first-order chi connectivity index (χ1) is 7.61. The molecule has 0 spiro atoms. The fourth-order valence-electron chi connectivity index (χ4n) is 3.63. The molecule has 1 heterocycles. The van der Waals surface area contributed by atoms with Crippen molar-refractivity contribution in [3.05, 3.63) is 11.6 Å². The van der Waals surface area contributed by atoms with E-state index >= 15 is 0 Å². The second-order valence-electron chi connectivity index (χ2n) is 5.46. The zero-order chi connectivity index (χ0) is 11.3. The zero-order valence-corrected chi connectivity index (χ0v) is 9.49. The Kier molecular flexibility index (Phi) is 2.00. The largest absolute Gasteiger partial charge is 0.465 e. The molecule has 16 heavy (non-hydrogen) atoms. The van der Waals surface area contributed by atoms with Gasteiger partial charge in [-0.1, -0.05) is 12.5 Å². The van der Waals surface area contributed by atoms with Crippen molar-refractivity contribution in [2.24, 2.45) is 17.3 Å². The fourth-order valence-corrected chi connectivity index (χ4v) is 3.63. The number of fused-ring (bicyclic) bond motifs is 3. The van der Waals surface area contributed by atoms with Gasteiger partial charge in [0.15, 0.2) is 5.78 Å². The molecule has 0 radical (unpaired) electrons. The third-order valence-electron chi connectivity index (χ3n) is 4.60. The number of carbonyl (C=O) groups excluding carboxylic acids is 2. The van der Waals surface area contributed by atoms with Crippen molar-refractivity contribution in [2.75, 3.05) is 6.61 Å². The van der Waals surface area contributed by atoms with Gasteiger partial charge in [0.05, 0.1) is 12.5 Å². The molecule has 1 aliphatic heterocycles. The Morgan fingerprint density at radius 1 is 1.38 bits per heavy atom. The molecule has 0 bridgehead atoms. The average molecular weight is 220 g/mol. The van der Waals surface area contributed by atoms with Gasteiger partial charge in [0.1, 0.15) is 0 Å². The number of ketones is 1. The predicted octanol–water partition coefficient (Wildman–Crippen LogP) is 1.86. The summed E-state index contributed by atoms with van der Waals surface area (Å²) >= 11 is 0. The van der Waals surface area contributed by atoms with Crippen molar-refractivity contribution >= 4 is 11.8 Å². The van der Waals surface area contributed by atoms with Gasteiger partial charge >= 0.3 is 5.97 Å². The van der Waals surface area contributed by atoms with E-state index in [1.807, 2.05) is 0 Å². The molecule has 86 valence electrons. The quantitative estimate of drug-likeness (QED) is 0.585. The van der Waals surface area contributed by atoms with Crippen molar-refractivity contribution in [3.63, 3.8) is 0 Å². The Morgan fingerprint density at radius 2 is 2.19 bits per heavy atom. The molecule has 2 fully saturated rings. The highest BCUT2D eigenvalue weighted by Crippen LogP contribution is 2.54. The van der Waals surface area contributed by atoms with E-state index < -0.39 is 0 Å². The maximum atomic E-state index is 11.8. The van der Waals surface area contributed by atoms with Gasteiger partial charge in [-0.2, -0.15) is 0 Å². The van der Waals surface area contributed by atoms with Crippen LogP contribution in [0.5, 0.6) is 0 Å². The molecule has 0 amide bonds. The van der Waals surface area contributed by atoms with E-state index in [0.29, 0.717) is 18.9 Å². The van der Waals surface area contributed by atoms with Crippen LogP contribution in [0, 0.1) is 17.3 Å². The summed E-state index contributed by atoms with van der Waals surface area (Å²) in [7, 11) is 0. The monoisotopic (exact) mass is 220 g/mol. The molecule has 0 aromatic rings. The van der Waals surface area contributed by atoms with E-state index in [9.17, 15) is 9.59 Å². The lowest BCUT2D eigenvalue weighted by molar-refractivity contribution is -0.144. The maximum Gasteiger partial charge on any atom is 0.310 e. The molecule has 3 rings (SSSR count). The third kappa shape index (κ3) is 1.20. The summed E-state index contributed by atoms with van der Waals surface area (Å²) in [4.78, 5) is 23.3. The van der Waals surface area contributed by atoms with E-state index in [4.69, 9.17) is 4.74 Å². The van der Waals surface area contributed by atoms with Gasteiger partial charge in [0.2, 0.25) is 0 Å². The van der Waals surface area contributed by atoms with Gasteiger partial charge in [-0.05, 0) is 25.3 Å². The molecule has 1 saturated heterocycles. The van der Waals surface area contributed by atoms with Gasteiger partial charge in [-0.3, -0.25) is 9.59 Å². The molecule has 3 atom stereocenters. The Morgan fingerprint density at radius 3 is 3.00 bits per heavy atom. The highest BCUT2D eigenvalue weighted by molar-refractivity contribution is 5.92. The fraction of sp³-hybridized carbons (Fsp3) is 0.692. The number of esters is 1. The van der Waals surface area contributed by atoms with E-state index in [1.54, 1.807) is 6.08 Å². The SMILES string of the molecule is C[C@]12CCC(=O)C=C1CC[C@H]1COC(=O)[C@@H]12. The van der Waals surface area contributed by atoms with Crippen molar-refractivity contribution in [2.45, 2.75) is 32.6 Å². The Labute approximate surface area is 94.8 Å². The molecule has 3 nitrogen and oxygen atoms in total. The Hall–Kier alpha value is -1.12. The second-order valence-corrected chi connectivity index (χ2v) is 5.46. The minimum Gasteiger partial charge on any atom is -0.465 e. The van der Waals surface area contributed by atoms with E-state index in [-0.39, 0.29) is 23.1 Å². The number of ether oxygens (including phenoxy) is 1. The van der Waals surface area contributed by atoms with Crippen molar-refractivity contribution in [1.29, 1.82) is 0 Å². The first-order valence-electron chi connectivity index (χ1n) is 6.02. The highest BCUT2D eigenvalue weighted by Gasteiger charge is 2.54. The van der Waals surface area contributed by atoms with E-state index in [1.165, 1.54) is 5.57 Å². The van der Waals surface area contributed by atoms with Crippen LogP contribution in [0.1, 0.15) is 32.6 Å². The lowest BCUT2D eigenvalue weighted by Crippen LogP contribution is -2.42. The normalized spacial score (nSPS) is 42.2. The molecule has 0 aromatic carbocycles. The summed E-state index contributed by atoms with van der Waals surface area (Å²) in [5.74, 6) is 0.549. The van der Waals surface area contributed by atoms with Gasteiger partial charge in [0, 0.05) is 17.8 Å². The van der Waals surface area contributed by atoms with Crippen LogP contribution in [-0.2, 0) is 14.3 Å². The van der Waals surface area contributed by atoms with Crippen molar-refractivity contribution in [3.8, 4) is 0 Å². The summed E-state index contributed by atoms with van der Waals surface area (Å²) in [6, 6.07) is 0. The van der Waals surface area contributed by atoms with Crippen molar-refractivity contribution < 1.29 is 14.3 Å². The number of allylic oxidation sites excluding steroid dienone is 2. The number of carbonyl (C=O) groups is 2. The van der Waals surface area contributed by atoms with Crippen LogP contribution in [0.2, 0.25) is 0 Å². The van der Waals surface area contributed by atoms with Crippen LogP contribution in [0.3, 0.4) is 0 Å². The number of hydrogen-bond donors (Lipinski definition) is 0. The smallest absolute Gasteiger partial charge is 0.310 e. The summed E-state index contributed by atoms with van der Waals surface area (Å²) in [6.07, 6.45) is 5.13. The van der Waals surface area contributed by atoms with Crippen LogP contribution in [0.25, 0.3) is 0 Å². The van der Waals surface area contributed by atoms with Crippen LogP contribution >= 0.6 is 0 Å². The van der Waals surface area contributed by atoms with Gasteiger partial charge in [0.25, 0.3) is 0 Å². The lowest BCUT2D eigenvalue weighted by atomic mass is 9.57. The summed E-state index contributed by atoms with van der Waals surface area (Å²) in [5.41, 5.74) is 1.08.